The Morgan fingerprint density at radius 2 is 1.63 bits per heavy atom. The number of hydrogen-bond donors (Lipinski definition) is 6. The lowest BCUT2D eigenvalue weighted by Crippen LogP contribution is -2.42. The van der Waals surface area contributed by atoms with Gasteiger partial charge in [0.25, 0.3) is 5.56 Å². The number of anilines is 3. The summed E-state index contributed by atoms with van der Waals surface area (Å²) in [5, 5.41) is 25.1. The van der Waals surface area contributed by atoms with Crippen molar-refractivity contribution in [3.63, 3.8) is 0 Å². The minimum Gasteiger partial charge on any atom is -0.379 e. The van der Waals surface area contributed by atoms with Gasteiger partial charge in [-0.15, -0.1) is 11.3 Å². The highest BCUT2D eigenvalue weighted by Gasteiger charge is 2.34. The number of H-pyrrole nitrogens is 1. The van der Waals surface area contributed by atoms with Crippen LogP contribution in [0.25, 0.3) is 11.2 Å². The van der Waals surface area contributed by atoms with Gasteiger partial charge in [0.1, 0.15) is 28.5 Å². The number of fused-ring (bicyclic) bond motifs is 2. The second kappa shape index (κ2) is 20.6. The normalized spacial score (nSPS) is 13.9. The monoisotopic (exact) mass is 861 g/mol. The van der Waals surface area contributed by atoms with E-state index in [-0.39, 0.29) is 41.3 Å². The van der Waals surface area contributed by atoms with Crippen molar-refractivity contribution in [3.05, 3.63) is 96.9 Å². The number of benzene rings is 2. The number of amides is 1. The molecule has 0 radical (unpaired) electrons. The van der Waals surface area contributed by atoms with Gasteiger partial charge in [0.15, 0.2) is 11.2 Å². The Kier molecular flexibility index (Phi) is 15.1. The molecule has 1 aliphatic heterocycles. The fourth-order valence-electron chi connectivity index (χ4n) is 6.54. The third-order valence-corrected chi connectivity index (χ3v) is 11.1. The van der Waals surface area contributed by atoms with Crippen LogP contribution in [0, 0.1) is 30.5 Å². The van der Waals surface area contributed by atoms with E-state index in [0.717, 1.165) is 32.1 Å². The quantitative estimate of drug-likeness (QED) is 0.0320. The SMILES string of the molecule is CC(=N)N1C(=N)C(CC(=O)NCCCOCCOCCOCCCNc2nc3c(=O)[nH]c(N)nc3n2Cc2ccc(F)cc2)N=C(c2ccc(Cl)cc2)c2c1sc(C)c2C. The lowest BCUT2D eigenvalue weighted by molar-refractivity contribution is -0.121. The Morgan fingerprint density at radius 3 is 2.30 bits per heavy atom. The van der Waals surface area contributed by atoms with Crippen LogP contribution in [0.5, 0.6) is 0 Å². The summed E-state index contributed by atoms with van der Waals surface area (Å²) in [6.45, 7) is 9.37. The minimum atomic E-state index is -0.799. The highest BCUT2D eigenvalue weighted by Crippen LogP contribution is 2.40. The molecule has 1 amide bonds. The van der Waals surface area contributed by atoms with Crippen LogP contribution >= 0.6 is 22.9 Å². The van der Waals surface area contributed by atoms with E-state index in [1.54, 1.807) is 40.7 Å². The zero-order valence-electron chi connectivity index (χ0n) is 33.7. The number of nitrogens with one attached hydrogen (secondary N) is 5. The number of nitrogens with zero attached hydrogens (tertiary/aromatic N) is 5. The Bertz CT molecular complexity index is 2400. The average molecular weight is 862 g/mol. The third kappa shape index (κ3) is 11.0. The van der Waals surface area contributed by atoms with Gasteiger partial charge in [-0.1, -0.05) is 35.9 Å². The van der Waals surface area contributed by atoms with E-state index in [9.17, 15) is 14.0 Å². The first kappa shape index (κ1) is 44.0. The van der Waals surface area contributed by atoms with Crippen LogP contribution in [-0.4, -0.2) is 102 Å². The number of aryl methyl sites for hydroxylation is 1. The maximum absolute atomic E-state index is 13.5. The molecule has 1 atom stereocenters. The maximum atomic E-state index is 13.5. The molecular formula is C41H49ClFN11O5S. The Hall–Kier alpha value is -5.53. The van der Waals surface area contributed by atoms with Crippen LogP contribution in [0.3, 0.4) is 0 Å². The molecule has 0 fully saturated rings. The molecule has 0 spiro atoms. The highest BCUT2D eigenvalue weighted by atomic mass is 35.5. The first-order valence-electron chi connectivity index (χ1n) is 19.5. The van der Waals surface area contributed by atoms with Crippen molar-refractivity contribution in [2.45, 2.75) is 52.6 Å². The smallest absolute Gasteiger partial charge is 0.280 e. The zero-order valence-corrected chi connectivity index (χ0v) is 35.3. The number of hydrogen-bond acceptors (Lipinski definition) is 13. The predicted molar refractivity (Wildman–Crippen MR) is 234 cm³/mol. The molecule has 4 heterocycles. The Balaban J connectivity index is 0.860. The van der Waals surface area contributed by atoms with Crippen LogP contribution in [-0.2, 0) is 25.5 Å². The number of halogens is 2. The summed E-state index contributed by atoms with van der Waals surface area (Å²) in [6, 6.07) is 12.6. The first-order chi connectivity index (χ1) is 28.9. The predicted octanol–water partition coefficient (Wildman–Crippen LogP) is 5.67. The Labute approximate surface area is 355 Å². The largest absolute Gasteiger partial charge is 0.379 e. The van der Waals surface area contributed by atoms with Crippen molar-refractivity contribution in [1.82, 2.24) is 24.8 Å². The van der Waals surface area contributed by atoms with Crippen molar-refractivity contribution in [2.24, 2.45) is 4.99 Å². The maximum Gasteiger partial charge on any atom is 0.280 e. The standard InChI is InChI=1S/C41H49ClFN11O5S/c1-24-25(2)60-39-33(24)34(28-8-10-29(42)11-9-28)49-31(36(45)54(39)26(3)44)22-32(55)47-14-4-16-57-18-20-59-21-19-58-17-5-15-48-41-50-35-37(51-40(46)52-38(35)56)53(41)23-27-6-12-30(43)13-7-27/h6-13,31,44-45H,4-5,14-23H2,1-3H3,(H,47,55)(H,48,50)(H3,46,51,52,56). The van der Waals surface area contributed by atoms with E-state index in [4.69, 9.17) is 47.4 Å². The number of carbonyl (C=O) groups is 1. The van der Waals surface area contributed by atoms with E-state index >= 15 is 0 Å². The number of ether oxygens (including phenoxy) is 3. The van der Waals surface area contributed by atoms with E-state index < -0.39 is 11.6 Å². The topological polar surface area (TPSA) is 222 Å². The molecule has 318 valence electrons. The van der Waals surface area contributed by atoms with Crippen LogP contribution in [0.15, 0.2) is 58.3 Å². The van der Waals surface area contributed by atoms with Gasteiger partial charge in [-0.05, 0) is 69.0 Å². The number of aromatic amines is 1. The van der Waals surface area contributed by atoms with E-state index in [1.807, 2.05) is 26.0 Å². The molecule has 3 aromatic heterocycles. The summed E-state index contributed by atoms with van der Waals surface area (Å²) in [7, 11) is 0. The summed E-state index contributed by atoms with van der Waals surface area (Å²) < 4.78 is 32.2. The van der Waals surface area contributed by atoms with Gasteiger partial charge in [0.05, 0.1) is 45.1 Å². The third-order valence-electron chi connectivity index (χ3n) is 9.64. The number of thiophene rings is 1. The molecule has 7 N–H and O–H groups in total. The molecule has 0 bridgehead atoms. The van der Waals surface area contributed by atoms with Gasteiger partial charge in [0.2, 0.25) is 17.8 Å². The second-order valence-electron chi connectivity index (χ2n) is 14.1. The minimum absolute atomic E-state index is 0.0231. The summed E-state index contributed by atoms with van der Waals surface area (Å²) in [5.74, 6) is 0.0840. The molecule has 16 nitrogen and oxygen atoms in total. The summed E-state index contributed by atoms with van der Waals surface area (Å²) >= 11 is 7.69. The molecular weight excluding hydrogens is 813 g/mol. The fourth-order valence-corrected chi connectivity index (χ4v) is 7.89. The van der Waals surface area contributed by atoms with Gasteiger partial charge in [-0.25, -0.2) is 9.37 Å². The molecule has 5 aromatic rings. The first-order valence-corrected chi connectivity index (χ1v) is 20.7. The van der Waals surface area contributed by atoms with E-state index in [1.165, 1.54) is 23.5 Å². The van der Waals surface area contributed by atoms with Crippen LogP contribution < -0.4 is 26.8 Å². The fraction of sp³-hybridized carbons (Fsp3) is 0.390. The molecule has 0 saturated carbocycles. The number of imidazole rings is 1. The molecule has 0 saturated heterocycles. The van der Waals surface area contributed by atoms with Crippen molar-refractivity contribution in [2.75, 3.05) is 68.7 Å². The van der Waals surface area contributed by atoms with Crippen LogP contribution in [0.2, 0.25) is 5.02 Å². The number of nitrogen functional groups attached to an aromatic ring is 1. The van der Waals surface area contributed by atoms with Crippen molar-refractivity contribution >= 4 is 74.3 Å². The summed E-state index contributed by atoms with van der Waals surface area (Å²) in [6.07, 6.45) is 1.20. The van der Waals surface area contributed by atoms with Gasteiger partial charge < -0.3 is 30.6 Å². The number of rotatable bonds is 20. The highest BCUT2D eigenvalue weighted by molar-refractivity contribution is 7.17. The average Bonchev–Trinajstić information content (AvgIpc) is 3.66. The number of aliphatic imine (C=N–C) groups is 1. The molecule has 0 aliphatic carbocycles. The number of aromatic nitrogens is 4. The van der Waals surface area contributed by atoms with Gasteiger partial charge >= 0.3 is 0 Å². The van der Waals surface area contributed by atoms with Crippen LogP contribution in [0.1, 0.15) is 53.3 Å². The summed E-state index contributed by atoms with van der Waals surface area (Å²) in [5.41, 5.74) is 10.00. The lowest BCUT2D eigenvalue weighted by Gasteiger charge is -2.24. The summed E-state index contributed by atoms with van der Waals surface area (Å²) in [4.78, 5) is 44.4. The van der Waals surface area contributed by atoms with Crippen molar-refractivity contribution in [3.8, 4) is 0 Å². The number of nitrogens with two attached hydrogens (primary N) is 1. The molecule has 1 unspecified atom stereocenters. The van der Waals surface area contributed by atoms with E-state index in [0.29, 0.717) is 94.4 Å². The molecule has 60 heavy (non-hydrogen) atoms. The van der Waals surface area contributed by atoms with Gasteiger partial charge in [-0.2, -0.15) is 4.98 Å². The van der Waals surface area contributed by atoms with Crippen molar-refractivity contribution < 1.29 is 23.4 Å². The lowest BCUT2D eigenvalue weighted by atomic mass is 9.99. The molecule has 1 aliphatic rings. The van der Waals surface area contributed by atoms with E-state index in [2.05, 4.69) is 25.6 Å². The molecule has 6 rings (SSSR count). The Morgan fingerprint density at radius 1 is 0.983 bits per heavy atom. The van der Waals surface area contributed by atoms with Gasteiger partial charge in [-0.3, -0.25) is 39.9 Å². The van der Waals surface area contributed by atoms with Crippen LogP contribution in [0.4, 0.5) is 21.3 Å². The molecule has 2 aromatic carbocycles. The van der Waals surface area contributed by atoms with Gasteiger partial charge in [0, 0.05) is 47.3 Å². The van der Waals surface area contributed by atoms with Crippen molar-refractivity contribution in [1.29, 1.82) is 10.8 Å². The second-order valence-corrected chi connectivity index (χ2v) is 15.7. The number of amidine groups is 2. The number of carbonyl (C=O) groups excluding carboxylic acids is 1. The molecule has 19 heteroatoms. The zero-order chi connectivity index (χ0) is 42.8.